The third kappa shape index (κ3) is 5.97. The van der Waals surface area contributed by atoms with E-state index in [1.807, 2.05) is 27.7 Å². The van der Waals surface area contributed by atoms with Gasteiger partial charge in [-0.15, -0.1) is 0 Å². The summed E-state index contributed by atoms with van der Waals surface area (Å²) in [6.07, 6.45) is 10.2. The van der Waals surface area contributed by atoms with Crippen LogP contribution in [-0.4, -0.2) is 42.9 Å². The zero-order valence-electron chi connectivity index (χ0n) is 20.3. The molecule has 7 heteroatoms. The molecule has 2 aliphatic rings. The second-order valence-corrected chi connectivity index (χ2v) is 16.8. The topological polar surface area (TPSA) is 54.0 Å². The van der Waals surface area contributed by atoms with Gasteiger partial charge < -0.3 is 17.7 Å². The Hall–Kier alpha value is -0.216. The maximum atomic E-state index is 13.5. The minimum absolute atomic E-state index is 0.0369. The quantitative estimate of drug-likeness (QED) is 0.296. The van der Waals surface area contributed by atoms with Crippen molar-refractivity contribution in [2.75, 3.05) is 19.8 Å². The van der Waals surface area contributed by atoms with E-state index in [0.29, 0.717) is 42.5 Å². The first-order chi connectivity index (χ1) is 14.3. The van der Waals surface area contributed by atoms with Crippen LogP contribution in [0.15, 0.2) is 0 Å². The molecule has 2 rings (SSSR count). The van der Waals surface area contributed by atoms with Crippen LogP contribution >= 0.6 is 0 Å². The summed E-state index contributed by atoms with van der Waals surface area (Å²) in [5, 5.41) is 0. The van der Waals surface area contributed by atoms with Crippen LogP contribution < -0.4 is 0 Å². The molecule has 1 atom stereocenters. The number of carbonyl (C=O) groups excluding carboxylic acids is 1. The van der Waals surface area contributed by atoms with E-state index in [2.05, 4.69) is 13.8 Å². The number of hydrogen-bond acceptors (Lipinski definition) is 5. The van der Waals surface area contributed by atoms with Gasteiger partial charge in [0.05, 0.1) is 5.92 Å². The van der Waals surface area contributed by atoms with Crippen molar-refractivity contribution in [3.8, 4) is 0 Å². The first kappa shape index (κ1) is 26.0. The molecular formula is C23H46O5Si2. The molecule has 2 saturated carbocycles. The van der Waals surface area contributed by atoms with Crippen LogP contribution in [0.4, 0.5) is 0 Å². The Morgan fingerprint density at radius 1 is 0.800 bits per heavy atom. The lowest BCUT2D eigenvalue weighted by Crippen LogP contribution is -2.53. The molecular weight excluding hydrogens is 412 g/mol. The van der Waals surface area contributed by atoms with Gasteiger partial charge in [-0.2, -0.15) is 0 Å². The summed E-state index contributed by atoms with van der Waals surface area (Å²) >= 11 is 0. The Labute approximate surface area is 187 Å². The smallest absolute Gasteiger partial charge is 0.501 e. The zero-order valence-corrected chi connectivity index (χ0v) is 22.3. The van der Waals surface area contributed by atoms with Crippen LogP contribution in [0.2, 0.25) is 22.7 Å². The van der Waals surface area contributed by atoms with Gasteiger partial charge in [-0.3, -0.25) is 4.79 Å². The van der Waals surface area contributed by atoms with Crippen molar-refractivity contribution < 1.29 is 22.5 Å². The summed E-state index contributed by atoms with van der Waals surface area (Å²) in [4.78, 5) is 13.5. The van der Waals surface area contributed by atoms with Crippen molar-refractivity contribution in [1.82, 2.24) is 0 Å². The molecule has 0 aromatic rings. The molecule has 0 amide bonds. The van der Waals surface area contributed by atoms with Crippen molar-refractivity contribution in [1.29, 1.82) is 0 Å². The molecule has 30 heavy (non-hydrogen) atoms. The molecule has 0 saturated heterocycles. The largest absolute Gasteiger partial charge is 0.518 e. The Bertz CT molecular complexity index is 483. The maximum absolute atomic E-state index is 13.5. The van der Waals surface area contributed by atoms with Crippen molar-refractivity contribution in [2.45, 2.75) is 116 Å². The molecule has 0 aromatic heterocycles. The van der Waals surface area contributed by atoms with E-state index < -0.39 is 17.1 Å². The average molecular weight is 459 g/mol. The molecule has 1 unspecified atom stereocenters. The molecule has 2 fully saturated rings. The van der Waals surface area contributed by atoms with Crippen LogP contribution in [0.1, 0.15) is 92.9 Å². The minimum atomic E-state index is -2.87. The summed E-state index contributed by atoms with van der Waals surface area (Å²) in [5.74, 6) is -0.306. The second-order valence-electron chi connectivity index (χ2n) is 9.48. The Balaban J connectivity index is 2.22. The van der Waals surface area contributed by atoms with Gasteiger partial charge >= 0.3 is 8.80 Å². The number of rotatable bonds is 13. The minimum Gasteiger partial charge on any atom is -0.518 e. The van der Waals surface area contributed by atoms with Crippen molar-refractivity contribution in [3.05, 3.63) is 0 Å². The van der Waals surface area contributed by atoms with Crippen molar-refractivity contribution in [3.63, 3.8) is 0 Å². The van der Waals surface area contributed by atoms with Crippen LogP contribution in [0.3, 0.4) is 0 Å². The van der Waals surface area contributed by atoms with E-state index in [0.717, 1.165) is 0 Å². The highest BCUT2D eigenvalue weighted by molar-refractivity contribution is 6.79. The molecule has 0 heterocycles. The highest BCUT2D eigenvalue weighted by Crippen LogP contribution is 2.55. The van der Waals surface area contributed by atoms with Crippen molar-refractivity contribution in [2.24, 2.45) is 5.92 Å². The Kier molecular flexibility index (Phi) is 10.5. The summed E-state index contributed by atoms with van der Waals surface area (Å²) in [5.41, 5.74) is 1.72. The number of carbonyl (C=O) groups is 1. The van der Waals surface area contributed by atoms with E-state index >= 15 is 0 Å². The molecule has 0 spiro atoms. The highest BCUT2D eigenvalue weighted by Gasteiger charge is 2.56. The Morgan fingerprint density at radius 2 is 1.20 bits per heavy atom. The molecule has 5 nitrogen and oxygen atoms in total. The summed E-state index contributed by atoms with van der Waals surface area (Å²) in [6, 6.07) is 0.499. The summed E-state index contributed by atoms with van der Waals surface area (Å²) < 4.78 is 24.8. The van der Waals surface area contributed by atoms with Crippen LogP contribution in [0.25, 0.3) is 0 Å². The second kappa shape index (κ2) is 12.1. The van der Waals surface area contributed by atoms with Crippen LogP contribution in [0.5, 0.6) is 0 Å². The maximum Gasteiger partial charge on any atom is 0.501 e. The normalized spacial score (nSPS) is 20.2. The standard InChI is InChI=1S/C23H46O5Si2/c1-7-25-29(26-8-2,27-9-3)18-20(6)23(24)28-30(19(4)5,21-14-10-11-15-21)22-16-12-13-17-22/h19-22H,7-18H2,1-6H3. The predicted molar refractivity (Wildman–Crippen MR) is 126 cm³/mol. The fraction of sp³-hybridized carbons (Fsp3) is 0.957. The van der Waals surface area contributed by atoms with Crippen LogP contribution in [-0.2, 0) is 22.5 Å². The first-order valence-electron chi connectivity index (χ1n) is 12.5. The fourth-order valence-electron chi connectivity index (χ4n) is 6.01. The lowest BCUT2D eigenvalue weighted by molar-refractivity contribution is -0.139. The Morgan fingerprint density at radius 3 is 1.53 bits per heavy atom. The van der Waals surface area contributed by atoms with Gasteiger partial charge in [0.1, 0.15) is 0 Å². The van der Waals surface area contributed by atoms with Gasteiger partial charge in [0, 0.05) is 25.9 Å². The highest BCUT2D eigenvalue weighted by atomic mass is 28.4. The zero-order chi connectivity index (χ0) is 22.2. The van der Waals surface area contributed by atoms with E-state index in [1.165, 1.54) is 51.4 Å². The lowest BCUT2D eigenvalue weighted by atomic mass is 10.2. The number of hydrogen-bond donors (Lipinski definition) is 0. The van der Waals surface area contributed by atoms with E-state index in [-0.39, 0.29) is 11.9 Å². The van der Waals surface area contributed by atoms with Gasteiger partial charge in [-0.25, -0.2) is 0 Å². The van der Waals surface area contributed by atoms with Crippen LogP contribution in [0, 0.1) is 5.92 Å². The van der Waals surface area contributed by atoms with Gasteiger partial charge in [-0.05, 0) is 63.1 Å². The molecule has 0 aliphatic heterocycles. The van der Waals surface area contributed by atoms with Gasteiger partial charge in [0.25, 0.3) is 14.3 Å². The molecule has 0 radical (unpaired) electrons. The third-order valence-electron chi connectivity index (χ3n) is 7.22. The predicted octanol–water partition coefficient (Wildman–Crippen LogP) is 6.46. The molecule has 176 valence electrons. The average Bonchev–Trinajstić information content (AvgIpc) is 3.40. The molecule has 0 aromatic carbocycles. The monoisotopic (exact) mass is 458 g/mol. The van der Waals surface area contributed by atoms with Gasteiger partial charge in [0.15, 0.2) is 0 Å². The SMILES string of the molecule is CCO[Si](CC(C)C(=O)O[Si](C(C)C)(C1CCCC1)C1CCCC1)(OCC)OCC. The summed E-state index contributed by atoms with van der Waals surface area (Å²) in [6.45, 7) is 14.1. The lowest BCUT2D eigenvalue weighted by Gasteiger charge is -2.44. The van der Waals surface area contributed by atoms with E-state index in [1.54, 1.807) is 0 Å². The van der Waals surface area contributed by atoms with E-state index in [4.69, 9.17) is 17.7 Å². The van der Waals surface area contributed by atoms with E-state index in [9.17, 15) is 4.79 Å². The first-order valence-corrected chi connectivity index (χ1v) is 16.6. The third-order valence-corrected chi connectivity index (χ3v) is 16.6. The van der Waals surface area contributed by atoms with Crippen molar-refractivity contribution >= 4 is 23.1 Å². The van der Waals surface area contributed by atoms with Gasteiger partial charge in [-0.1, -0.05) is 46.5 Å². The molecule has 0 N–H and O–H groups in total. The fourth-order valence-corrected chi connectivity index (χ4v) is 15.1. The summed E-state index contributed by atoms with van der Waals surface area (Å²) in [7, 11) is -5.09. The van der Waals surface area contributed by atoms with Gasteiger partial charge in [0.2, 0.25) is 0 Å². The molecule has 0 bridgehead atoms. The molecule has 2 aliphatic carbocycles.